The third-order valence-corrected chi connectivity index (χ3v) is 7.86. The van der Waals surface area contributed by atoms with Crippen molar-refractivity contribution in [3.05, 3.63) is 101 Å². The van der Waals surface area contributed by atoms with Crippen molar-refractivity contribution in [1.29, 1.82) is 0 Å². The molecule has 5 nitrogen and oxygen atoms in total. The van der Waals surface area contributed by atoms with Crippen molar-refractivity contribution in [2.75, 3.05) is 39.8 Å². The number of ketones is 1. The Morgan fingerprint density at radius 1 is 0.868 bits per heavy atom. The van der Waals surface area contributed by atoms with E-state index in [1.807, 2.05) is 66.9 Å². The Morgan fingerprint density at radius 2 is 1.63 bits per heavy atom. The highest BCUT2D eigenvalue weighted by Crippen LogP contribution is 2.31. The molecule has 0 saturated carbocycles. The van der Waals surface area contributed by atoms with E-state index in [9.17, 15) is 4.79 Å². The average Bonchev–Trinajstić information content (AvgIpc) is 3.17. The molecule has 1 aliphatic rings. The van der Waals surface area contributed by atoms with Crippen molar-refractivity contribution in [3.63, 3.8) is 0 Å². The second-order valence-corrected chi connectivity index (χ2v) is 10.5. The zero-order valence-electron chi connectivity index (χ0n) is 22.1. The Balaban J connectivity index is 1.23. The minimum absolute atomic E-state index is 0.138. The van der Waals surface area contributed by atoms with Crippen LogP contribution in [0.4, 0.5) is 0 Å². The maximum absolute atomic E-state index is 13.3. The van der Waals surface area contributed by atoms with Crippen LogP contribution in [-0.2, 0) is 19.5 Å². The van der Waals surface area contributed by atoms with Crippen molar-refractivity contribution >= 4 is 28.3 Å². The number of benzene rings is 3. The van der Waals surface area contributed by atoms with Crippen molar-refractivity contribution in [1.82, 2.24) is 14.4 Å². The Morgan fingerprint density at radius 3 is 2.45 bits per heavy atom. The van der Waals surface area contributed by atoms with Gasteiger partial charge in [0, 0.05) is 54.8 Å². The van der Waals surface area contributed by atoms with Gasteiger partial charge in [0.1, 0.15) is 5.75 Å². The predicted molar refractivity (Wildman–Crippen MR) is 155 cm³/mol. The molecule has 0 amide bonds. The Kier molecular flexibility index (Phi) is 8.79. The average molecular weight is 530 g/mol. The third-order valence-electron chi connectivity index (χ3n) is 7.50. The molecular weight excluding hydrogens is 494 g/mol. The molecule has 1 aliphatic heterocycles. The van der Waals surface area contributed by atoms with Crippen LogP contribution in [-0.4, -0.2) is 60.0 Å². The minimum atomic E-state index is 0.138. The van der Waals surface area contributed by atoms with Gasteiger partial charge in [-0.3, -0.25) is 9.69 Å². The van der Waals surface area contributed by atoms with E-state index in [1.165, 1.54) is 5.56 Å². The minimum Gasteiger partial charge on any atom is -0.495 e. The van der Waals surface area contributed by atoms with Gasteiger partial charge in [0.15, 0.2) is 5.78 Å². The molecule has 0 bridgehead atoms. The summed E-state index contributed by atoms with van der Waals surface area (Å²) in [6.45, 7) is 7.08. The summed E-state index contributed by atoms with van der Waals surface area (Å²) >= 11 is 6.39. The summed E-state index contributed by atoms with van der Waals surface area (Å²) in [5.41, 5.74) is 4.01. The highest BCUT2D eigenvalue weighted by atomic mass is 35.5. The van der Waals surface area contributed by atoms with Gasteiger partial charge in [-0.1, -0.05) is 72.3 Å². The summed E-state index contributed by atoms with van der Waals surface area (Å²) in [4.78, 5) is 18.4. The molecule has 0 aliphatic carbocycles. The molecule has 2 heterocycles. The van der Waals surface area contributed by atoms with Gasteiger partial charge < -0.3 is 14.2 Å². The fraction of sp³-hybridized carbons (Fsp3) is 0.344. The lowest BCUT2D eigenvalue weighted by Gasteiger charge is -2.22. The van der Waals surface area contributed by atoms with Crippen LogP contribution >= 0.6 is 11.6 Å². The maximum Gasteiger partial charge on any atom is 0.169 e. The lowest BCUT2D eigenvalue weighted by atomic mass is 10.0. The first-order valence-electron chi connectivity index (χ1n) is 13.5. The van der Waals surface area contributed by atoms with Crippen LogP contribution in [0.2, 0.25) is 5.02 Å². The summed E-state index contributed by atoms with van der Waals surface area (Å²) in [6.07, 6.45) is 4.60. The first-order chi connectivity index (χ1) is 18.6. The van der Waals surface area contributed by atoms with E-state index in [0.29, 0.717) is 6.42 Å². The lowest BCUT2D eigenvalue weighted by molar-refractivity contribution is 0.0994. The topological polar surface area (TPSA) is 37.7 Å². The molecular formula is C32H36ClN3O2. The van der Waals surface area contributed by atoms with Gasteiger partial charge in [-0.15, -0.1) is 0 Å². The number of hydrogen-bond donors (Lipinski definition) is 0. The number of Topliss-reactive ketones (excluding diaryl/α,β-unsaturated/α-hetero) is 1. The van der Waals surface area contributed by atoms with E-state index in [2.05, 4.69) is 26.5 Å². The normalized spacial score (nSPS) is 15.0. The van der Waals surface area contributed by atoms with Crippen LogP contribution in [0.15, 0.2) is 79.0 Å². The smallest absolute Gasteiger partial charge is 0.169 e. The number of fused-ring (bicyclic) bond motifs is 1. The summed E-state index contributed by atoms with van der Waals surface area (Å²) < 4.78 is 7.92. The van der Waals surface area contributed by atoms with E-state index in [1.54, 1.807) is 7.11 Å². The summed E-state index contributed by atoms with van der Waals surface area (Å²) in [5.74, 6) is 0.950. The molecule has 5 rings (SSSR count). The first-order valence-corrected chi connectivity index (χ1v) is 13.9. The number of carbonyl (C=O) groups excluding carboxylic acids is 1. The summed E-state index contributed by atoms with van der Waals surface area (Å²) in [7, 11) is 1.70. The third kappa shape index (κ3) is 6.29. The molecule has 0 spiro atoms. The molecule has 1 saturated heterocycles. The van der Waals surface area contributed by atoms with Crippen molar-refractivity contribution in [3.8, 4) is 5.75 Å². The van der Waals surface area contributed by atoms with Gasteiger partial charge in [0.2, 0.25) is 0 Å². The number of carbonyl (C=O) groups is 1. The van der Waals surface area contributed by atoms with Gasteiger partial charge in [-0.05, 0) is 55.7 Å². The van der Waals surface area contributed by atoms with Crippen molar-refractivity contribution in [2.24, 2.45) is 0 Å². The number of hydrogen-bond acceptors (Lipinski definition) is 4. The first kappa shape index (κ1) is 26.5. The predicted octanol–water partition coefficient (Wildman–Crippen LogP) is 6.33. The molecule has 0 N–H and O–H groups in total. The monoisotopic (exact) mass is 529 g/mol. The fourth-order valence-corrected chi connectivity index (χ4v) is 5.70. The van der Waals surface area contributed by atoms with Crippen LogP contribution in [0.25, 0.3) is 10.9 Å². The quantitative estimate of drug-likeness (QED) is 0.225. The number of ether oxygens (including phenoxy) is 1. The van der Waals surface area contributed by atoms with Crippen LogP contribution < -0.4 is 4.74 Å². The Labute approximate surface area is 230 Å². The molecule has 0 radical (unpaired) electrons. The zero-order chi connectivity index (χ0) is 26.3. The zero-order valence-corrected chi connectivity index (χ0v) is 22.9. The number of nitrogens with zero attached hydrogens (tertiary/aromatic N) is 3. The molecule has 1 aromatic heterocycles. The number of methoxy groups -OCH3 is 1. The van der Waals surface area contributed by atoms with Gasteiger partial charge in [-0.2, -0.15) is 0 Å². The molecule has 6 heteroatoms. The standard InChI is InChI=1S/C32H36ClN3O2/c1-38-31-15-7-13-27-28(30(37)22-25-10-3-2-4-11-25)24-36(32(27)31)19-9-17-34-16-8-18-35(21-20-34)23-26-12-5-6-14-29(26)33/h2-7,10-15,24H,8-9,16-23H2,1H3. The molecule has 3 aromatic carbocycles. The van der Waals surface area contributed by atoms with Crippen LogP contribution in [0, 0.1) is 0 Å². The number of rotatable bonds is 10. The SMILES string of the molecule is COc1cccc2c(C(=O)Cc3ccccc3)cn(CCCN3CCCN(Cc4ccccc4Cl)CC3)c12. The van der Waals surface area contributed by atoms with Crippen molar-refractivity contribution in [2.45, 2.75) is 32.4 Å². The molecule has 1 fully saturated rings. The summed E-state index contributed by atoms with van der Waals surface area (Å²) in [6, 6.07) is 24.1. The maximum atomic E-state index is 13.3. The van der Waals surface area contributed by atoms with E-state index >= 15 is 0 Å². The van der Waals surface area contributed by atoms with E-state index in [-0.39, 0.29) is 5.78 Å². The number of aryl methyl sites for hydroxylation is 1. The van der Waals surface area contributed by atoms with Gasteiger partial charge in [0.25, 0.3) is 0 Å². The van der Waals surface area contributed by atoms with Crippen LogP contribution in [0.3, 0.4) is 0 Å². The number of aromatic nitrogens is 1. The van der Waals surface area contributed by atoms with Crippen LogP contribution in [0.1, 0.15) is 34.3 Å². The van der Waals surface area contributed by atoms with Crippen molar-refractivity contribution < 1.29 is 9.53 Å². The lowest BCUT2D eigenvalue weighted by Crippen LogP contribution is -2.31. The molecule has 0 atom stereocenters. The Hall–Kier alpha value is -3.12. The van der Waals surface area contributed by atoms with Gasteiger partial charge in [-0.25, -0.2) is 0 Å². The summed E-state index contributed by atoms with van der Waals surface area (Å²) in [5, 5.41) is 1.82. The number of para-hydroxylation sites is 1. The molecule has 0 unspecified atom stereocenters. The van der Waals surface area contributed by atoms with Gasteiger partial charge >= 0.3 is 0 Å². The largest absolute Gasteiger partial charge is 0.495 e. The van der Waals surface area contributed by atoms with Crippen LogP contribution in [0.5, 0.6) is 5.75 Å². The molecule has 198 valence electrons. The van der Waals surface area contributed by atoms with Gasteiger partial charge in [0.05, 0.1) is 12.6 Å². The molecule has 38 heavy (non-hydrogen) atoms. The highest BCUT2D eigenvalue weighted by molar-refractivity contribution is 6.31. The molecule has 4 aromatic rings. The van der Waals surface area contributed by atoms with E-state index < -0.39 is 0 Å². The fourth-order valence-electron chi connectivity index (χ4n) is 5.50. The highest BCUT2D eigenvalue weighted by Gasteiger charge is 2.19. The number of halogens is 1. The van der Waals surface area contributed by atoms with E-state index in [4.69, 9.17) is 16.3 Å². The van der Waals surface area contributed by atoms with E-state index in [0.717, 1.165) is 91.5 Å². The second kappa shape index (κ2) is 12.6. The second-order valence-electron chi connectivity index (χ2n) is 10.1. The Bertz CT molecular complexity index is 1370.